The number of carbonyl (C=O) groups is 1. The van der Waals surface area contributed by atoms with Gasteiger partial charge in [0.25, 0.3) is 0 Å². The molecule has 1 unspecified atom stereocenters. The Morgan fingerprint density at radius 3 is 1.74 bits per heavy atom. The van der Waals surface area contributed by atoms with Gasteiger partial charge in [-0.15, -0.1) is 0 Å². The van der Waals surface area contributed by atoms with E-state index in [-0.39, 0.29) is 5.92 Å². The van der Waals surface area contributed by atoms with Crippen LogP contribution < -0.4 is 0 Å². The Bertz CT molecular complexity index is 579. The molecular weight excluding hydrogens is 282 g/mol. The van der Waals surface area contributed by atoms with Crippen molar-refractivity contribution < 1.29 is 4.79 Å². The first-order chi connectivity index (χ1) is 11.0. The van der Waals surface area contributed by atoms with E-state index < -0.39 is 5.41 Å². The summed E-state index contributed by atoms with van der Waals surface area (Å²) in [5, 5.41) is 0. The van der Waals surface area contributed by atoms with Crippen molar-refractivity contribution in [3.63, 3.8) is 0 Å². The summed E-state index contributed by atoms with van der Waals surface area (Å²) in [6, 6.07) is 20.4. The number of ketones is 1. The fourth-order valence-corrected chi connectivity index (χ4v) is 3.53. The van der Waals surface area contributed by atoms with Crippen LogP contribution in [0.15, 0.2) is 60.7 Å². The van der Waals surface area contributed by atoms with Crippen LogP contribution >= 0.6 is 0 Å². The van der Waals surface area contributed by atoms with E-state index >= 15 is 0 Å². The molecule has 2 heteroatoms. The molecule has 122 valence electrons. The molecule has 0 aliphatic heterocycles. The van der Waals surface area contributed by atoms with Crippen molar-refractivity contribution in [2.24, 2.45) is 5.92 Å². The van der Waals surface area contributed by atoms with Gasteiger partial charge >= 0.3 is 0 Å². The summed E-state index contributed by atoms with van der Waals surface area (Å²) in [5.41, 5.74) is 1.60. The fourth-order valence-electron chi connectivity index (χ4n) is 3.53. The van der Waals surface area contributed by atoms with Gasteiger partial charge in [-0.25, -0.2) is 0 Å². The third-order valence-corrected chi connectivity index (χ3v) is 4.57. The second-order valence-corrected chi connectivity index (χ2v) is 6.52. The zero-order valence-electron chi connectivity index (χ0n) is 14.6. The van der Waals surface area contributed by atoms with Crippen LogP contribution in [0.5, 0.6) is 0 Å². The fraction of sp³-hybridized carbons (Fsp3) is 0.381. The monoisotopic (exact) mass is 309 g/mol. The molecule has 0 bridgehead atoms. The molecule has 0 saturated heterocycles. The van der Waals surface area contributed by atoms with Crippen molar-refractivity contribution in [1.29, 1.82) is 0 Å². The molecule has 2 aromatic rings. The van der Waals surface area contributed by atoms with Gasteiger partial charge in [-0.1, -0.05) is 74.5 Å². The zero-order valence-corrected chi connectivity index (χ0v) is 14.6. The molecule has 2 aromatic carbocycles. The molecule has 0 heterocycles. The van der Waals surface area contributed by atoms with Gasteiger partial charge in [0.1, 0.15) is 0 Å². The minimum absolute atomic E-state index is 0.0228. The lowest BCUT2D eigenvalue weighted by atomic mass is 9.66. The topological polar surface area (TPSA) is 20.3 Å². The van der Waals surface area contributed by atoms with E-state index in [0.717, 1.165) is 24.1 Å². The molecule has 0 aromatic heterocycles. The molecule has 2 rings (SSSR count). The largest absolute Gasteiger partial charge is 0.309 e. The highest BCUT2D eigenvalue weighted by Crippen LogP contribution is 2.38. The average Bonchev–Trinajstić information content (AvgIpc) is 2.57. The number of rotatable bonds is 7. The van der Waals surface area contributed by atoms with E-state index in [9.17, 15) is 4.79 Å². The number of hydrogen-bond acceptors (Lipinski definition) is 2. The maximum atomic E-state index is 13.5. The summed E-state index contributed by atoms with van der Waals surface area (Å²) in [6.07, 6.45) is 0.762. The lowest BCUT2D eigenvalue weighted by Gasteiger charge is -2.35. The first kappa shape index (κ1) is 17.4. The smallest absolute Gasteiger partial charge is 0.151 e. The number of Topliss-reactive ketones (excluding diaryl/α,β-unsaturated/α-hetero) is 1. The molecule has 0 amide bonds. The first-order valence-electron chi connectivity index (χ1n) is 8.32. The van der Waals surface area contributed by atoms with Crippen LogP contribution in [-0.4, -0.2) is 31.3 Å². The van der Waals surface area contributed by atoms with Gasteiger partial charge < -0.3 is 4.90 Å². The highest BCUT2D eigenvalue weighted by Gasteiger charge is 2.42. The van der Waals surface area contributed by atoms with E-state index in [4.69, 9.17) is 0 Å². The quantitative estimate of drug-likeness (QED) is 0.766. The minimum Gasteiger partial charge on any atom is -0.309 e. The number of hydrogen-bond donors (Lipinski definition) is 0. The summed E-state index contributed by atoms with van der Waals surface area (Å²) >= 11 is 0. The van der Waals surface area contributed by atoms with Crippen LogP contribution in [0.25, 0.3) is 0 Å². The van der Waals surface area contributed by atoms with E-state index in [1.807, 2.05) is 57.4 Å². The summed E-state index contributed by atoms with van der Waals surface area (Å²) in [7, 11) is 4.03. The maximum absolute atomic E-state index is 13.5. The van der Waals surface area contributed by atoms with Crippen molar-refractivity contribution in [2.45, 2.75) is 25.7 Å². The molecule has 2 nitrogen and oxygen atoms in total. The van der Waals surface area contributed by atoms with Crippen LogP contribution in [0.1, 0.15) is 31.4 Å². The van der Waals surface area contributed by atoms with E-state index in [0.29, 0.717) is 5.78 Å². The molecule has 0 aliphatic rings. The highest BCUT2D eigenvalue weighted by atomic mass is 16.1. The Morgan fingerprint density at radius 2 is 1.39 bits per heavy atom. The standard InChI is InChI=1S/C21H27NO/c1-5-21(18-12-8-6-9-13-18,19-14-10-7-11-15-19)20(23)17(2)16-22(3)4/h6-15,17H,5,16H2,1-4H3. The minimum atomic E-state index is -0.571. The third kappa shape index (κ3) is 3.53. The van der Waals surface area contributed by atoms with E-state index in [2.05, 4.69) is 36.1 Å². The van der Waals surface area contributed by atoms with E-state index in [1.54, 1.807) is 0 Å². The summed E-state index contributed by atoms with van der Waals surface area (Å²) in [6.45, 7) is 4.92. The molecule has 0 N–H and O–H groups in total. The van der Waals surface area contributed by atoms with Gasteiger partial charge in [0, 0.05) is 12.5 Å². The molecule has 0 aliphatic carbocycles. The Labute approximate surface area is 140 Å². The number of carbonyl (C=O) groups excluding carboxylic acids is 1. The van der Waals surface area contributed by atoms with Crippen LogP contribution in [0, 0.1) is 5.92 Å². The first-order valence-corrected chi connectivity index (χ1v) is 8.32. The molecule has 1 atom stereocenters. The van der Waals surface area contributed by atoms with Crippen molar-refractivity contribution in [3.8, 4) is 0 Å². The Kier molecular flexibility index (Phi) is 5.73. The second kappa shape index (κ2) is 7.56. The summed E-state index contributed by atoms with van der Waals surface area (Å²) in [4.78, 5) is 15.6. The second-order valence-electron chi connectivity index (χ2n) is 6.52. The Hall–Kier alpha value is -1.93. The van der Waals surface area contributed by atoms with Gasteiger partial charge in [-0.3, -0.25) is 4.79 Å². The molecule has 23 heavy (non-hydrogen) atoms. The maximum Gasteiger partial charge on any atom is 0.151 e. The van der Waals surface area contributed by atoms with Crippen LogP contribution in [-0.2, 0) is 10.2 Å². The number of benzene rings is 2. The van der Waals surface area contributed by atoms with Crippen LogP contribution in [0.2, 0.25) is 0 Å². The van der Waals surface area contributed by atoms with Crippen molar-refractivity contribution in [2.75, 3.05) is 20.6 Å². The predicted molar refractivity (Wildman–Crippen MR) is 96.7 cm³/mol. The average molecular weight is 309 g/mol. The normalized spacial score (nSPS) is 13.1. The van der Waals surface area contributed by atoms with Crippen molar-refractivity contribution >= 4 is 5.78 Å². The SMILES string of the molecule is CCC(C(=O)C(C)CN(C)C)(c1ccccc1)c1ccccc1. The zero-order chi connectivity index (χ0) is 16.9. The highest BCUT2D eigenvalue weighted by molar-refractivity contribution is 5.95. The lowest BCUT2D eigenvalue weighted by molar-refractivity contribution is -0.127. The molecule has 0 spiro atoms. The Balaban J connectivity index is 2.57. The lowest BCUT2D eigenvalue weighted by Crippen LogP contribution is -2.42. The van der Waals surface area contributed by atoms with Gasteiger partial charge in [-0.05, 0) is 31.6 Å². The third-order valence-electron chi connectivity index (χ3n) is 4.57. The molecular formula is C21H27NO. The van der Waals surface area contributed by atoms with Crippen LogP contribution in [0.3, 0.4) is 0 Å². The Morgan fingerprint density at radius 1 is 0.957 bits per heavy atom. The summed E-state index contributed by atoms with van der Waals surface area (Å²) in [5.74, 6) is 0.275. The summed E-state index contributed by atoms with van der Waals surface area (Å²) < 4.78 is 0. The van der Waals surface area contributed by atoms with Crippen molar-refractivity contribution in [3.05, 3.63) is 71.8 Å². The van der Waals surface area contributed by atoms with Gasteiger partial charge in [0.15, 0.2) is 5.78 Å². The molecule has 0 radical (unpaired) electrons. The molecule has 0 fully saturated rings. The van der Waals surface area contributed by atoms with E-state index in [1.165, 1.54) is 0 Å². The number of nitrogens with zero attached hydrogens (tertiary/aromatic N) is 1. The predicted octanol–water partition coefficient (Wildman–Crippen LogP) is 4.15. The van der Waals surface area contributed by atoms with Gasteiger partial charge in [0.05, 0.1) is 5.41 Å². The van der Waals surface area contributed by atoms with Crippen LogP contribution in [0.4, 0.5) is 0 Å². The van der Waals surface area contributed by atoms with Crippen molar-refractivity contribution in [1.82, 2.24) is 4.90 Å². The molecule has 0 saturated carbocycles. The van der Waals surface area contributed by atoms with Gasteiger partial charge in [-0.2, -0.15) is 0 Å². The van der Waals surface area contributed by atoms with Gasteiger partial charge in [0.2, 0.25) is 0 Å².